The Labute approximate surface area is 242 Å². The third-order valence-electron chi connectivity index (χ3n) is 7.84. The monoisotopic (exact) mass is 551 g/mol. The maximum atomic E-state index is 13.1. The van der Waals surface area contributed by atoms with Crippen LogP contribution in [0.4, 0.5) is 5.69 Å². The highest BCUT2D eigenvalue weighted by Crippen LogP contribution is 2.41. The predicted molar refractivity (Wildman–Crippen MR) is 166 cm³/mol. The van der Waals surface area contributed by atoms with Crippen molar-refractivity contribution in [3.8, 4) is 5.69 Å². The van der Waals surface area contributed by atoms with Gasteiger partial charge in [0.2, 0.25) is 5.91 Å². The van der Waals surface area contributed by atoms with E-state index in [-0.39, 0.29) is 18.0 Å². The summed E-state index contributed by atoms with van der Waals surface area (Å²) in [6.45, 7) is 13.1. The molecule has 2 atom stereocenters. The van der Waals surface area contributed by atoms with Crippen molar-refractivity contribution in [2.75, 3.05) is 11.9 Å². The number of nitrogens with zero attached hydrogens (tertiary/aromatic N) is 3. The van der Waals surface area contributed by atoms with Crippen molar-refractivity contribution in [1.29, 1.82) is 0 Å². The van der Waals surface area contributed by atoms with Crippen molar-refractivity contribution >= 4 is 28.9 Å². The van der Waals surface area contributed by atoms with E-state index in [4.69, 9.17) is 12.2 Å². The molecule has 4 aromatic rings. The van der Waals surface area contributed by atoms with Gasteiger partial charge < -0.3 is 20.1 Å². The molecule has 7 heteroatoms. The Morgan fingerprint density at radius 3 is 2.40 bits per heavy atom. The molecule has 1 aliphatic heterocycles. The SMILES string of the molecule is Cc1ccc(C)c(NC(=O)CCN2C(=S)N[C@@H](c3ccccn3)[C@H]2c2cc(C)n(-c3cc(C)ccc3C)c2C)c1. The molecule has 6 nitrogen and oxygen atoms in total. The van der Waals surface area contributed by atoms with Gasteiger partial charge in [-0.15, -0.1) is 0 Å². The van der Waals surface area contributed by atoms with Crippen molar-refractivity contribution in [2.24, 2.45) is 0 Å². The number of thiocarbonyl (C=S) groups is 1. The smallest absolute Gasteiger partial charge is 0.226 e. The molecule has 206 valence electrons. The molecule has 40 heavy (non-hydrogen) atoms. The van der Waals surface area contributed by atoms with Crippen LogP contribution in [0.25, 0.3) is 5.69 Å². The summed E-state index contributed by atoms with van der Waals surface area (Å²) in [7, 11) is 0. The van der Waals surface area contributed by atoms with Gasteiger partial charge in [0.15, 0.2) is 5.11 Å². The molecule has 5 rings (SSSR count). The van der Waals surface area contributed by atoms with Crippen LogP contribution in [0.2, 0.25) is 0 Å². The van der Waals surface area contributed by atoms with E-state index in [9.17, 15) is 4.79 Å². The van der Waals surface area contributed by atoms with Gasteiger partial charge in [-0.2, -0.15) is 0 Å². The van der Waals surface area contributed by atoms with Crippen LogP contribution in [0.5, 0.6) is 0 Å². The van der Waals surface area contributed by atoms with Gasteiger partial charge in [0.1, 0.15) is 0 Å². The number of aryl methyl sites for hydroxylation is 5. The second kappa shape index (κ2) is 11.3. The molecular weight excluding hydrogens is 514 g/mol. The van der Waals surface area contributed by atoms with Crippen LogP contribution in [-0.4, -0.2) is 32.0 Å². The first-order chi connectivity index (χ1) is 19.1. The fraction of sp³-hybridized carbons (Fsp3) is 0.303. The lowest BCUT2D eigenvalue weighted by Gasteiger charge is -2.28. The zero-order valence-corrected chi connectivity index (χ0v) is 24.9. The quantitative estimate of drug-likeness (QED) is 0.250. The van der Waals surface area contributed by atoms with Crippen LogP contribution in [0, 0.1) is 41.5 Å². The third kappa shape index (κ3) is 5.39. The lowest BCUT2D eigenvalue weighted by molar-refractivity contribution is -0.116. The van der Waals surface area contributed by atoms with Crippen molar-refractivity contribution in [1.82, 2.24) is 19.8 Å². The summed E-state index contributed by atoms with van der Waals surface area (Å²) in [5, 5.41) is 7.26. The van der Waals surface area contributed by atoms with Crippen molar-refractivity contribution in [3.05, 3.63) is 112 Å². The van der Waals surface area contributed by atoms with E-state index in [0.29, 0.717) is 18.1 Å². The number of carbonyl (C=O) groups is 1. The van der Waals surface area contributed by atoms with Gasteiger partial charge in [-0.3, -0.25) is 9.78 Å². The molecule has 1 saturated heterocycles. The maximum Gasteiger partial charge on any atom is 0.226 e. The van der Waals surface area contributed by atoms with Crippen LogP contribution in [0.1, 0.15) is 63.4 Å². The molecule has 0 radical (unpaired) electrons. The largest absolute Gasteiger partial charge is 0.352 e. The molecule has 0 bridgehead atoms. The fourth-order valence-electron chi connectivity index (χ4n) is 5.71. The van der Waals surface area contributed by atoms with Crippen LogP contribution in [0.3, 0.4) is 0 Å². The number of amides is 1. The number of carbonyl (C=O) groups excluding carboxylic acids is 1. The average Bonchev–Trinajstić information content (AvgIpc) is 3.41. The minimum atomic E-state index is -0.136. The number of pyridine rings is 1. The number of anilines is 1. The van der Waals surface area contributed by atoms with Crippen LogP contribution >= 0.6 is 12.2 Å². The van der Waals surface area contributed by atoms with Crippen molar-refractivity contribution in [2.45, 2.75) is 60.0 Å². The van der Waals surface area contributed by atoms with E-state index < -0.39 is 0 Å². The summed E-state index contributed by atoms with van der Waals surface area (Å²) in [6.07, 6.45) is 2.13. The second-order valence-corrected chi connectivity index (χ2v) is 11.3. The Kier molecular flexibility index (Phi) is 7.76. The summed E-state index contributed by atoms with van der Waals surface area (Å²) >= 11 is 5.88. The van der Waals surface area contributed by atoms with E-state index in [2.05, 4.69) is 83.1 Å². The minimum Gasteiger partial charge on any atom is -0.352 e. The number of aromatic nitrogens is 2. The minimum absolute atomic E-state index is 0.0302. The highest BCUT2D eigenvalue weighted by molar-refractivity contribution is 7.80. The molecule has 0 spiro atoms. The van der Waals surface area contributed by atoms with E-state index in [0.717, 1.165) is 33.9 Å². The molecule has 0 unspecified atom stereocenters. The van der Waals surface area contributed by atoms with E-state index in [1.807, 2.05) is 50.4 Å². The summed E-state index contributed by atoms with van der Waals surface area (Å²) < 4.78 is 2.33. The van der Waals surface area contributed by atoms with E-state index in [1.165, 1.54) is 22.4 Å². The van der Waals surface area contributed by atoms with Gasteiger partial charge in [0.05, 0.1) is 17.8 Å². The lowest BCUT2D eigenvalue weighted by atomic mass is 9.96. The molecular formula is C33H37N5OS. The first-order valence-electron chi connectivity index (χ1n) is 13.8. The van der Waals surface area contributed by atoms with Gasteiger partial charge in [-0.25, -0.2) is 0 Å². The Morgan fingerprint density at radius 2 is 1.68 bits per heavy atom. The number of benzene rings is 2. The number of hydrogen-bond acceptors (Lipinski definition) is 3. The molecule has 3 heterocycles. The predicted octanol–water partition coefficient (Wildman–Crippen LogP) is 6.72. The Hall–Kier alpha value is -3.97. The molecule has 2 N–H and O–H groups in total. The van der Waals surface area contributed by atoms with Gasteiger partial charge in [-0.05, 0) is 112 Å². The first kappa shape index (κ1) is 27.6. The summed E-state index contributed by atoms with van der Waals surface area (Å²) in [5.41, 5.74) is 11.1. The molecule has 1 aliphatic rings. The molecule has 0 saturated carbocycles. The lowest BCUT2D eigenvalue weighted by Crippen LogP contribution is -2.33. The topological polar surface area (TPSA) is 62.2 Å². The van der Waals surface area contributed by atoms with Crippen LogP contribution in [0.15, 0.2) is 66.9 Å². The normalized spacial score (nSPS) is 16.8. The number of rotatable bonds is 7. The Bertz CT molecular complexity index is 1580. The number of nitrogens with one attached hydrogen (secondary N) is 2. The second-order valence-electron chi connectivity index (χ2n) is 10.9. The van der Waals surface area contributed by atoms with E-state index >= 15 is 0 Å². The van der Waals surface area contributed by atoms with Crippen molar-refractivity contribution in [3.63, 3.8) is 0 Å². The summed E-state index contributed by atoms with van der Waals surface area (Å²) in [5.74, 6) is -0.0302. The molecule has 2 aromatic carbocycles. The first-order valence-corrected chi connectivity index (χ1v) is 14.2. The van der Waals surface area contributed by atoms with Gasteiger partial charge in [0.25, 0.3) is 0 Å². The van der Waals surface area contributed by atoms with Crippen LogP contribution in [-0.2, 0) is 4.79 Å². The zero-order chi connectivity index (χ0) is 28.6. The van der Waals surface area contributed by atoms with E-state index in [1.54, 1.807) is 0 Å². The Balaban J connectivity index is 1.49. The van der Waals surface area contributed by atoms with Gasteiger partial charge >= 0.3 is 0 Å². The van der Waals surface area contributed by atoms with Gasteiger partial charge in [-0.1, -0.05) is 30.3 Å². The van der Waals surface area contributed by atoms with Gasteiger partial charge in [0, 0.05) is 41.9 Å². The fourth-order valence-corrected chi connectivity index (χ4v) is 6.04. The number of hydrogen-bond donors (Lipinski definition) is 2. The Morgan fingerprint density at radius 1 is 0.950 bits per heavy atom. The maximum absolute atomic E-state index is 13.1. The third-order valence-corrected chi connectivity index (χ3v) is 8.19. The standard InChI is InChI=1S/C33H37N5OS/c1-20-10-12-22(3)28(17-20)35-30(39)14-16-37-32(31(36-33(37)40)27-9-7-8-15-34-27)26-19-24(5)38(25(26)6)29-18-21(2)11-13-23(29)4/h7-13,15,17-19,31-32H,14,16H2,1-6H3,(H,35,39)(H,36,40)/t31-,32+/m0/s1. The highest BCUT2D eigenvalue weighted by atomic mass is 32.1. The van der Waals surface area contributed by atoms with Crippen LogP contribution < -0.4 is 10.6 Å². The molecule has 0 aliphatic carbocycles. The zero-order valence-electron chi connectivity index (χ0n) is 24.1. The van der Waals surface area contributed by atoms with Crippen molar-refractivity contribution < 1.29 is 4.79 Å². The molecule has 1 fully saturated rings. The molecule has 1 amide bonds. The summed E-state index contributed by atoms with van der Waals surface area (Å²) in [6, 6.07) is 20.6. The summed E-state index contributed by atoms with van der Waals surface area (Å²) in [4.78, 5) is 19.9. The average molecular weight is 552 g/mol. The molecule has 2 aromatic heterocycles. The highest BCUT2D eigenvalue weighted by Gasteiger charge is 2.41.